The van der Waals surface area contributed by atoms with Gasteiger partial charge in [-0.15, -0.1) is 24.0 Å². The molecule has 0 radical (unpaired) electrons. The highest BCUT2D eigenvalue weighted by Crippen LogP contribution is 2.12. The molecule has 5 nitrogen and oxygen atoms in total. The van der Waals surface area contributed by atoms with Crippen molar-refractivity contribution in [1.82, 2.24) is 10.6 Å². The molecule has 6 heteroatoms. The number of nitrogens with zero attached hydrogens (tertiary/aromatic N) is 1. The first kappa shape index (κ1) is 22.2. The number of guanidine groups is 1. The summed E-state index contributed by atoms with van der Waals surface area (Å²) in [5.74, 6) is 1.66. The Balaban J connectivity index is 0.00000338. The van der Waals surface area contributed by atoms with Crippen LogP contribution in [0.15, 0.2) is 59.6 Å². The minimum Gasteiger partial charge on any atom is -0.489 e. The third kappa shape index (κ3) is 8.53. The zero-order valence-electron chi connectivity index (χ0n) is 15.4. The Bertz CT molecular complexity index is 633. The largest absolute Gasteiger partial charge is 0.489 e. The van der Waals surface area contributed by atoms with Gasteiger partial charge in [-0.3, -0.25) is 4.99 Å². The lowest BCUT2D eigenvalue weighted by Gasteiger charge is -2.12. The van der Waals surface area contributed by atoms with Gasteiger partial charge in [-0.1, -0.05) is 42.5 Å². The zero-order chi connectivity index (χ0) is 17.7. The Hall–Kier alpha value is -1.80. The molecule has 26 heavy (non-hydrogen) atoms. The standard InChI is InChI=1S/C20H27N3O2.HI/c1-3-24-14-13-22-20(21-2)23-15-17-9-11-18(12-10-17)16-25-19-7-5-4-6-8-19;/h4-12H,3,13-16H2,1-2H3,(H2,21,22,23);1H. The molecule has 142 valence electrons. The molecular formula is C20H28IN3O2. The lowest BCUT2D eigenvalue weighted by Crippen LogP contribution is -2.38. The number of rotatable bonds is 9. The van der Waals surface area contributed by atoms with Gasteiger partial charge in [0.1, 0.15) is 12.4 Å². The van der Waals surface area contributed by atoms with Crippen molar-refractivity contribution in [3.8, 4) is 5.75 Å². The second-order valence-corrected chi connectivity index (χ2v) is 5.47. The van der Waals surface area contributed by atoms with Crippen LogP contribution in [-0.4, -0.2) is 32.8 Å². The predicted octanol–water partition coefficient (Wildman–Crippen LogP) is 3.59. The molecule has 0 saturated heterocycles. The maximum absolute atomic E-state index is 5.76. The minimum atomic E-state index is 0. The number of aliphatic imine (C=N–C) groups is 1. The van der Waals surface area contributed by atoms with Gasteiger partial charge in [-0.2, -0.15) is 0 Å². The van der Waals surface area contributed by atoms with Gasteiger partial charge in [0.2, 0.25) is 0 Å². The number of halogens is 1. The van der Waals surface area contributed by atoms with E-state index in [9.17, 15) is 0 Å². The van der Waals surface area contributed by atoms with E-state index in [2.05, 4.69) is 39.9 Å². The van der Waals surface area contributed by atoms with Gasteiger partial charge >= 0.3 is 0 Å². The SMILES string of the molecule is CCOCCNC(=NC)NCc1ccc(COc2ccccc2)cc1.I. The van der Waals surface area contributed by atoms with Crippen LogP contribution in [0.2, 0.25) is 0 Å². The van der Waals surface area contributed by atoms with E-state index in [0.717, 1.165) is 30.4 Å². The fourth-order valence-corrected chi connectivity index (χ4v) is 2.23. The first-order valence-electron chi connectivity index (χ1n) is 8.59. The normalized spacial score (nSPS) is 10.8. The van der Waals surface area contributed by atoms with Gasteiger partial charge in [0.25, 0.3) is 0 Å². The van der Waals surface area contributed by atoms with Crippen LogP contribution in [0.1, 0.15) is 18.1 Å². The Morgan fingerprint density at radius 3 is 2.31 bits per heavy atom. The van der Waals surface area contributed by atoms with E-state index in [4.69, 9.17) is 9.47 Å². The molecule has 2 aromatic rings. The van der Waals surface area contributed by atoms with Gasteiger partial charge < -0.3 is 20.1 Å². The van der Waals surface area contributed by atoms with Crippen molar-refractivity contribution in [1.29, 1.82) is 0 Å². The van der Waals surface area contributed by atoms with E-state index in [-0.39, 0.29) is 24.0 Å². The molecule has 0 atom stereocenters. The van der Waals surface area contributed by atoms with Crippen molar-refractivity contribution >= 4 is 29.9 Å². The molecule has 2 rings (SSSR count). The van der Waals surface area contributed by atoms with Crippen molar-refractivity contribution in [2.45, 2.75) is 20.1 Å². The number of hydrogen-bond donors (Lipinski definition) is 2. The topological polar surface area (TPSA) is 54.9 Å². The third-order valence-corrected chi connectivity index (χ3v) is 3.60. The van der Waals surface area contributed by atoms with E-state index < -0.39 is 0 Å². The van der Waals surface area contributed by atoms with Crippen molar-refractivity contribution in [3.05, 3.63) is 65.7 Å². The summed E-state index contributed by atoms with van der Waals surface area (Å²) in [6, 6.07) is 18.2. The van der Waals surface area contributed by atoms with E-state index in [1.165, 1.54) is 5.56 Å². The summed E-state index contributed by atoms with van der Waals surface area (Å²) in [6.07, 6.45) is 0. The average Bonchev–Trinajstić information content (AvgIpc) is 2.67. The molecule has 0 aliphatic rings. The Morgan fingerprint density at radius 2 is 1.65 bits per heavy atom. The fourth-order valence-electron chi connectivity index (χ4n) is 2.23. The molecule has 0 fully saturated rings. The van der Waals surface area contributed by atoms with Gasteiger partial charge in [-0.25, -0.2) is 0 Å². The third-order valence-electron chi connectivity index (χ3n) is 3.60. The molecule has 0 aromatic heterocycles. The highest BCUT2D eigenvalue weighted by molar-refractivity contribution is 14.0. The maximum atomic E-state index is 5.76. The first-order chi connectivity index (χ1) is 12.3. The molecule has 2 aromatic carbocycles. The Kier molecular flexibility index (Phi) is 11.5. The smallest absolute Gasteiger partial charge is 0.191 e. The second kappa shape index (κ2) is 13.4. The Morgan fingerprint density at radius 1 is 0.962 bits per heavy atom. The number of nitrogens with one attached hydrogen (secondary N) is 2. The fraction of sp³-hybridized carbons (Fsp3) is 0.350. The highest BCUT2D eigenvalue weighted by Gasteiger charge is 2.00. The maximum Gasteiger partial charge on any atom is 0.191 e. The molecule has 0 amide bonds. The van der Waals surface area contributed by atoms with E-state index >= 15 is 0 Å². The van der Waals surface area contributed by atoms with Crippen LogP contribution in [0.25, 0.3) is 0 Å². The van der Waals surface area contributed by atoms with Crippen LogP contribution in [-0.2, 0) is 17.9 Å². The van der Waals surface area contributed by atoms with Gasteiger partial charge in [-0.05, 0) is 30.2 Å². The molecular weight excluding hydrogens is 441 g/mol. The van der Waals surface area contributed by atoms with Crippen LogP contribution in [0.4, 0.5) is 0 Å². The molecule has 0 saturated carbocycles. The minimum absolute atomic E-state index is 0. The molecule has 0 spiro atoms. The highest BCUT2D eigenvalue weighted by atomic mass is 127. The number of benzene rings is 2. The monoisotopic (exact) mass is 469 g/mol. The van der Waals surface area contributed by atoms with Crippen molar-refractivity contribution < 1.29 is 9.47 Å². The second-order valence-electron chi connectivity index (χ2n) is 5.47. The molecule has 0 aliphatic carbocycles. The van der Waals surface area contributed by atoms with E-state index in [1.54, 1.807) is 7.05 Å². The first-order valence-corrected chi connectivity index (χ1v) is 8.59. The molecule has 2 N–H and O–H groups in total. The average molecular weight is 469 g/mol. The van der Waals surface area contributed by atoms with Gasteiger partial charge in [0.05, 0.1) is 6.61 Å². The van der Waals surface area contributed by atoms with Crippen LogP contribution in [0.5, 0.6) is 5.75 Å². The van der Waals surface area contributed by atoms with E-state index in [1.807, 2.05) is 37.3 Å². The summed E-state index contributed by atoms with van der Waals surface area (Å²) < 4.78 is 11.1. The molecule has 0 aliphatic heterocycles. The number of para-hydroxylation sites is 1. The van der Waals surface area contributed by atoms with Gasteiger partial charge in [0.15, 0.2) is 5.96 Å². The van der Waals surface area contributed by atoms with Crippen LogP contribution >= 0.6 is 24.0 Å². The van der Waals surface area contributed by atoms with E-state index in [0.29, 0.717) is 19.8 Å². The number of ether oxygens (including phenoxy) is 2. The summed E-state index contributed by atoms with van der Waals surface area (Å²) in [6.45, 7) is 5.42. The zero-order valence-corrected chi connectivity index (χ0v) is 17.7. The summed E-state index contributed by atoms with van der Waals surface area (Å²) in [5.41, 5.74) is 2.34. The van der Waals surface area contributed by atoms with Crippen LogP contribution in [0, 0.1) is 0 Å². The summed E-state index contributed by atoms with van der Waals surface area (Å²) in [7, 11) is 1.76. The lowest BCUT2D eigenvalue weighted by atomic mass is 10.1. The quantitative estimate of drug-likeness (QED) is 0.255. The molecule has 0 heterocycles. The predicted molar refractivity (Wildman–Crippen MR) is 117 cm³/mol. The summed E-state index contributed by atoms with van der Waals surface area (Å²) in [4.78, 5) is 4.20. The number of hydrogen-bond acceptors (Lipinski definition) is 3. The van der Waals surface area contributed by atoms with Gasteiger partial charge in [0, 0.05) is 26.7 Å². The summed E-state index contributed by atoms with van der Waals surface area (Å²) >= 11 is 0. The summed E-state index contributed by atoms with van der Waals surface area (Å²) in [5, 5.41) is 6.51. The Labute approximate surface area is 173 Å². The molecule has 0 unspecified atom stereocenters. The van der Waals surface area contributed by atoms with Crippen molar-refractivity contribution in [2.24, 2.45) is 4.99 Å². The lowest BCUT2D eigenvalue weighted by molar-refractivity contribution is 0.152. The van der Waals surface area contributed by atoms with Crippen molar-refractivity contribution in [2.75, 3.05) is 26.8 Å². The van der Waals surface area contributed by atoms with Crippen LogP contribution < -0.4 is 15.4 Å². The molecule has 0 bridgehead atoms. The van der Waals surface area contributed by atoms with Crippen LogP contribution in [0.3, 0.4) is 0 Å². The van der Waals surface area contributed by atoms with Crippen molar-refractivity contribution in [3.63, 3.8) is 0 Å².